The van der Waals surface area contributed by atoms with Gasteiger partial charge in [0.2, 0.25) is 0 Å². The Labute approximate surface area is 125 Å². The number of carbonyl (C=O) groups is 1. The van der Waals surface area contributed by atoms with Crippen LogP contribution in [0.5, 0.6) is 11.5 Å². The van der Waals surface area contributed by atoms with E-state index < -0.39 is 0 Å². The third-order valence-electron chi connectivity index (χ3n) is 3.28. The van der Waals surface area contributed by atoms with Crippen LogP contribution in [0, 0.1) is 0 Å². The molecule has 3 heteroatoms. The quantitative estimate of drug-likeness (QED) is 0.544. The monoisotopic (exact) mass is 284 g/mol. The Morgan fingerprint density at radius 1 is 1.00 bits per heavy atom. The van der Waals surface area contributed by atoms with Gasteiger partial charge in [0.15, 0.2) is 11.5 Å². The zero-order valence-electron chi connectivity index (χ0n) is 12.2. The number of benzene rings is 2. The molecule has 0 saturated heterocycles. The van der Waals surface area contributed by atoms with Gasteiger partial charge in [-0.2, -0.15) is 0 Å². The highest BCUT2D eigenvalue weighted by Crippen LogP contribution is 2.27. The van der Waals surface area contributed by atoms with Gasteiger partial charge in [-0.05, 0) is 43.0 Å². The maximum Gasteiger partial charge on any atom is 0.161 e. The molecule has 0 N–H and O–H groups in total. The van der Waals surface area contributed by atoms with Crippen molar-refractivity contribution < 1.29 is 14.3 Å². The number of unbranched alkanes of at least 4 members (excludes halogenated alkanes) is 1. The smallest absolute Gasteiger partial charge is 0.161 e. The van der Waals surface area contributed by atoms with Gasteiger partial charge in [0, 0.05) is 5.56 Å². The molecule has 0 bridgehead atoms. The Morgan fingerprint density at radius 2 is 1.81 bits per heavy atom. The zero-order chi connectivity index (χ0) is 14.9. The van der Waals surface area contributed by atoms with E-state index in [1.165, 1.54) is 5.56 Å². The van der Waals surface area contributed by atoms with Gasteiger partial charge in [-0.25, -0.2) is 0 Å². The summed E-state index contributed by atoms with van der Waals surface area (Å²) in [4.78, 5) is 10.7. The van der Waals surface area contributed by atoms with E-state index in [1.807, 2.05) is 6.07 Å². The number of rotatable bonds is 8. The van der Waals surface area contributed by atoms with E-state index in [4.69, 9.17) is 9.47 Å². The van der Waals surface area contributed by atoms with Crippen LogP contribution in [0.3, 0.4) is 0 Å². The standard InChI is InChI=1S/C18H20O3/c1-20-18-13-16(14-19)10-11-17(18)21-12-6-5-9-15-7-3-2-4-8-15/h2-4,7-8,10-11,13-14H,5-6,9,12H2,1H3. The van der Waals surface area contributed by atoms with Crippen molar-refractivity contribution in [2.75, 3.05) is 13.7 Å². The van der Waals surface area contributed by atoms with Gasteiger partial charge in [0.1, 0.15) is 6.29 Å². The third-order valence-corrected chi connectivity index (χ3v) is 3.28. The Kier molecular flexibility index (Phi) is 5.83. The lowest BCUT2D eigenvalue weighted by Gasteiger charge is -2.11. The molecule has 0 aliphatic heterocycles. The molecule has 0 radical (unpaired) electrons. The molecule has 0 unspecified atom stereocenters. The second kappa shape index (κ2) is 8.10. The van der Waals surface area contributed by atoms with Gasteiger partial charge in [-0.15, -0.1) is 0 Å². The molecule has 2 rings (SSSR count). The molecule has 21 heavy (non-hydrogen) atoms. The summed E-state index contributed by atoms with van der Waals surface area (Å²) in [5.74, 6) is 1.28. The lowest BCUT2D eigenvalue weighted by Crippen LogP contribution is -2.00. The van der Waals surface area contributed by atoms with Crippen LogP contribution in [-0.2, 0) is 6.42 Å². The molecule has 110 valence electrons. The number of hydrogen-bond acceptors (Lipinski definition) is 3. The average molecular weight is 284 g/mol. The molecule has 0 aromatic heterocycles. The summed E-state index contributed by atoms with van der Waals surface area (Å²) in [6.07, 6.45) is 3.92. The van der Waals surface area contributed by atoms with Gasteiger partial charge >= 0.3 is 0 Å². The van der Waals surface area contributed by atoms with Crippen molar-refractivity contribution in [3.63, 3.8) is 0 Å². The van der Waals surface area contributed by atoms with E-state index in [2.05, 4.69) is 24.3 Å². The predicted molar refractivity (Wildman–Crippen MR) is 83.3 cm³/mol. The summed E-state index contributed by atoms with van der Waals surface area (Å²) in [6, 6.07) is 15.6. The number of methoxy groups -OCH3 is 1. The highest BCUT2D eigenvalue weighted by molar-refractivity contribution is 5.76. The van der Waals surface area contributed by atoms with Crippen LogP contribution in [0.2, 0.25) is 0 Å². The van der Waals surface area contributed by atoms with E-state index in [0.29, 0.717) is 23.7 Å². The molecule has 0 atom stereocenters. The van der Waals surface area contributed by atoms with Gasteiger partial charge in [0.05, 0.1) is 13.7 Å². The van der Waals surface area contributed by atoms with E-state index in [1.54, 1.807) is 25.3 Å². The fourth-order valence-corrected chi connectivity index (χ4v) is 2.13. The molecular formula is C18H20O3. The van der Waals surface area contributed by atoms with Crippen LogP contribution in [0.25, 0.3) is 0 Å². The number of aldehydes is 1. The topological polar surface area (TPSA) is 35.5 Å². The van der Waals surface area contributed by atoms with Crippen molar-refractivity contribution in [1.29, 1.82) is 0 Å². The predicted octanol–water partition coefficient (Wildman–Crippen LogP) is 3.91. The van der Waals surface area contributed by atoms with E-state index in [-0.39, 0.29) is 0 Å². The number of aryl methyl sites for hydroxylation is 1. The van der Waals surface area contributed by atoms with Gasteiger partial charge in [-0.1, -0.05) is 30.3 Å². The second-order valence-electron chi connectivity index (χ2n) is 4.82. The summed E-state index contributed by atoms with van der Waals surface area (Å²) in [5, 5.41) is 0. The second-order valence-corrected chi connectivity index (χ2v) is 4.82. The molecule has 0 heterocycles. The van der Waals surface area contributed by atoms with Gasteiger partial charge in [-0.3, -0.25) is 4.79 Å². The maximum atomic E-state index is 10.7. The van der Waals surface area contributed by atoms with Crippen LogP contribution < -0.4 is 9.47 Å². The van der Waals surface area contributed by atoms with Crippen molar-refractivity contribution in [1.82, 2.24) is 0 Å². The van der Waals surface area contributed by atoms with Crippen molar-refractivity contribution in [3.05, 3.63) is 59.7 Å². The van der Waals surface area contributed by atoms with Gasteiger partial charge in [0.25, 0.3) is 0 Å². The average Bonchev–Trinajstić information content (AvgIpc) is 2.55. The summed E-state index contributed by atoms with van der Waals surface area (Å²) in [6.45, 7) is 0.642. The molecule has 2 aromatic rings. The third kappa shape index (κ3) is 4.63. The van der Waals surface area contributed by atoms with Crippen LogP contribution in [0.4, 0.5) is 0 Å². The van der Waals surface area contributed by atoms with Gasteiger partial charge < -0.3 is 9.47 Å². The molecule has 0 saturated carbocycles. The molecule has 0 fully saturated rings. The first-order valence-electron chi connectivity index (χ1n) is 7.13. The van der Waals surface area contributed by atoms with Crippen LogP contribution in [0.15, 0.2) is 48.5 Å². The first kappa shape index (κ1) is 15.1. The normalized spacial score (nSPS) is 10.1. The lowest BCUT2D eigenvalue weighted by molar-refractivity contribution is 0.112. The van der Waals surface area contributed by atoms with E-state index in [9.17, 15) is 4.79 Å². The minimum atomic E-state index is 0.586. The summed E-state index contributed by atoms with van der Waals surface area (Å²) < 4.78 is 11.0. The first-order chi connectivity index (χ1) is 10.3. The van der Waals surface area contributed by atoms with E-state index >= 15 is 0 Å². The Morgan fingerprint density at radius 3 is 2.52 bits per heavy atom. The van der Waals surface area contributed by atoms with Crippen molar-refractivity contribution >= 4 is 6.29 Å². The van der Waals surface area contributed by atoms with Crippen molar-refractivity contribution in [3.8, 4) is 11.5 Å². The fraction of sp³-hybridized carbons (Fsp3) is 0.278. The van der Waals surface area contributed by atoms with Crippen LogP contribution in [-0.4, -0.2) is 20.0 Å². The molecule has 2 aromatic carbocycles. The van der Waals surface area contributed by atoms with Crippen molar-refractivity contribution in [2.45, 2.75) is 19.3 Å². The summed E-state index contributed by atoms with van der Waals surface area (Å²) in [7, 11) is 1.58. The fourth-order valence-electron chi connectivity index (χ4n) is 2.13. The number of ether oxygens (including phenoxy) is 2. The largest absolute Gasteiger partial charge is 0.493 e. The minimum absolute atomic E-state index is 0.586. The zero-order valence-corrected chi connectivity index (χ0v) is 12.2. The Bertz CT molecular complexity index is 564. The minimum Gasteiger partial charge on any atom is -0.493 e. The highest BCUT2D eigenvalue weighted by atomic mass is 16.5. The van der Waals surface area contributed by atoms with Crippen LogP contribution in [0.1, 0.15) is 28.8 Å². The van der Waals surface area contributed by atoms with E-state index in [0.717, 1.165) is 25.5 Å². The number of carbonyl (C=O) groups excluding carboxylic acids is 1. The molecule has 0 spiro atoms. The Balaban J connectivity index is 1.77. The number of hydrogen-bond donors (Lipinski definition) is 0. The lowest BCUT2D eigenvalue weighted by atomic mass is 10.1. The molecule has 3 nitrogen and oxygen atoms in total. The SMILES string of the molecule is COc1cc(C=O)ccc1OCCCCc1ccccc1. The Hall–Kier alpha value is -2.29. The summed E-state index contributed by atoms with van der Waals surface area (Å²) in [5.41, 5.74) is 1.94. The van der Waals surface area contributed by atoms with Crippen LogP contribution >= 0.6 is 0 Å². The molecule has 0 aliphatic rings. The molecule has 0 aliphatic carbocycles. The maximum absolute atomic E-state index is 10.7. The summed E-state index contributed by atoms with van der Waals surface area (Å²) >= 11 is 0. The first-order valence-corrected chi connectivity index (χ1v) is 7.13. The highest BCUT2D eigenvalue weighted by Gasteiger charge is 2.05. The molecule has 0 amide bonds. The van der Waals surface area contributed by atoms with Crippen molar-refractivity contribution in [2.24, 2.45) is 0 Å². The molecular weight excluding hydrogens is 264 g/mol.